The van der Waals surface area contributed by atoms with Crippen molar-refractivity contribution < 1.29 is 18.0 Å². The molecule has 0 saturated carbocycles. The molecule has 0 amide bonds. The van der Waals surface area contributed by atoms with Crippen LogP contribution in [0.5, 0.6) is 0 Å². The largest absolute Gasteiger partial charge is 0.416 e. The number of anilines is 1. The summed E-state index contributed by atoms with van der Waals surface area (Å²) in [5, 5.41) is 0. The third-order valence-electron chi connectivity index (χ3n) is 2.69. The summed E-state index contributed by atoms with van der Waals surface area (Å²) in [7, 11) is 0. The highest BCUT2D eigenvalue weighted by Crippen LogP contribution is 2.29. The molecular weight excluding hydrogens is 269 g/mol. The molecule has 0 aliphatic heterocycles. The van der Waals surface area contributed by atoms with Crippen LogP contribution in [0.3, 0.4) is 0 Å². The van der Waals surface area contributed by atoms with Gasteiger partial charge in [0.15, 0.2) is 5.78 Å². The van der Waals surface area contributed by atoms with E-state index in [9.17, 15) is 18.0 Å². The Kier molecular flexibility index (Phi) is 3.74. The van der Waals surface area contributed by atoms with E-state index in [0.717, 1.165) is 12.1 Å². The Bertz CT molecular complexity index is 621. The van der Waals surface area contributed by atoms with E-state index in [0.29, 0.717) is 11.3 Å². The maximum atomic E-state index is 12.6. The fourth-order valence-corrected chi connectivity index (χ4v) is 1.70. The Morgan fingerprint density at radius 3 is 2.55 bits per heavy atom. The Morgan fingerprint density at radius 2 is 1.95 bits per heavy atom. The molecule has 6 heteroatoms. The van der Waals surface area contributed by atoms with Crippen molar-refractivity contribution in [2.45, 2.75) is 12.6 Å². The average molecular weight is 280 g/mol. The van der Waals surface area contributed by atoms with E-state index >= 15 is 0 Å². The van der Waals surface area contributed by atoms with Gasteiger partial charge in [-0.25, -0.2) is 0 Å². The zero-order valence-corrected chi connectivity index (χ0v) is 10.3. The summed E-state index contributed by atoms with van der Waals surface area (Å²) in [6, 6.07) is 7.66. The molecule has 0 unspecified atom stereocenters. The van der Waals surface area contributed by atoms with Crippen LogP contribution in [-0.4, -0.2) is 10.8 Å². The van der Waals surface area contributed by atoms with Gasteiger partial charge >= 0.3 is 6.18 Å². The van der Waals surface area contributed by atoms with Gasteiger partial charge in [-0.15, -0.1) is 0 Å². The van der Waals surface area contributed by atoms with E-state index in [4.69, 9.17) is 5.73 Å². The Labute approximate surface area is 113 Å². The predicted octanol–water partition coefficient (Wildman–Crippen LogP) is 3.11. The monoisotopic (exact) mass is 280 g/mol. The number of hydrogen-bond acceptors (Lipinski definition) is 3. The molecule has 1 heterocycles. The number of nitrogen functional groups attached to an aromatic ring is 1. The van der Waals surface area contributed by atoms with Gasteiger partial charge in [0.1, 0.15) is 5.69 Å². The van der Waals surface area contributed by atoms with Gasteiger partial charge in [0.05, 0.1) is 17.4 Å². The Hall–Kier alpha value is -2.37. The van der Waals surface area contributed by atoms with Crippen LogP contribution in [0.15, 0.2) is 42.6 Å². The standard InChI is InChI=1S/C14H11F3N2O/c15-14(16,17)10-3-1-2-9(6-10)7-13(20)12-5-4-11(18)8-19-12/h1-6,8H,7,18H2. The number of carbonyl (C=O) groups excluding carboxylic acids is 1. The average Bonchev–Trinajstić information content (AvgIpc) is 2.38. The first kappa shape index (κ1) is 14.0. The lowest BCUT2D eigenvalue weighted by atomic mass is 10.0. The number of hydrogen-bond donors (Lipinski definition) is 1. The third kappa shape index (κ3) is 3.34. The highest BCUT2D eigenvalue weighted by atomic mass is 19.4. The summed E-state index contributed by atoms with van der Waals surface area (Å²) >= 11 is 0. The molecule has 2 rings (SSSR count). The second-order valence-corrected chi connectivity index (χ2v) is 4.27. The number of pyridine rings is 1. The number of halogens is 3. The second kappa shape index (κ2) is 5.32. The van der Waals surface area contributed by atoms with Crippen LogP contribution < -0.4 is 5.73 Å². The lowest BCUT2D eigenvalue weighted by Gasteiger charge is -2.08. The van der Waals surface area contributed by atoms with Crippen LogP contribution in [0.25, 0.3) is 0 Å². The van der Waals surface area contributed by atoms with Crippen LogP contribution in [0.4, 0.5) is 18.9 Å². The van der Waals surface area contributed by atoms with Crippen molar-refractivity contribution in [3.05, 3.63) is 59.4 Å². The lowest BCUT2D eigenvalue weighted by molar-refractivity contribution is -0.137. The highest BCUT2D eigenvalue weighted by molar-refractivity contribution is 5.95. The van der Waals surface area contributed by atoms with Gasteiger partial charge in [-0.1, -0.05) is 18.2 Å². The van der Waals surface area contributed by atoms with E-state index in [1.807, 2.05) is 0 Å². The molecule has 104 valence electrons. The fourth-order valence-electron chi connectivity index (χ4n) is 1.70. The van der Waals surface area contributed by atoms with Crippen LogP contribution in [0.1, 0.15) is 21.6 Å². The molecule has 0 aliphatic carbocycles. The van der Waals surface area contributed by atoms with Gasteiger partial charge in [0.2, 0.25) is 0 Å². The van der Waals surface area contributed by atoms with Crippen molar-refractivity contribution >= 4 is 11.5 Å². The molecule has 2 aromatic rings. The molecule has 0 radical (unpaired) electrons. The summed E-state index contributed by atoms with van der Waals surface area (Å²) in [6.07, 6.45) is -3.22. The molecule has 3 nitrogen and oxygen atoms in total. The number of ketones is 1. The summed E-state index contributed by atoms with van der Waals surface area (Å²) in [5.74, 6) is -0.357. The molecule has 0 aliphatic rings. The highest BCUT2D eigenvalue weighted by Gasteiger charge is 2.30. The van der Waals surface area contributed by atoms with Gasteiger partial charge in [0, 0.05) is 6.42 Å². The topological polar surface area (TPSA) is 56.0 Å². The van der Waals surface area contributed by atoms with Gasteiger partial charge in [-0.05, 0) is 23.8 Å². The first-order valence-electron chi connectivity index (χ1n) is 5.77. The Morgan fingerprint density at radius 1 is 1.20 bits per heavy atom. The predicted molar refractivity (Wildman–Crippen MR) is 68.1 cm³/mol. The van der Waals surface area contributed by atoms with Crippen molar-refractivity contribution in [1.82, 2.24) is 4.98 Å². The van der Waals surface area contributed by atoms with Crippen molar-refractivity contribution in [3.8, 4) is 0 Å². The summed E-state index contributed by atoms with van der Waals surface area (Å²) in [4.78, 5) is 15.8. The maximum absolute atomic E-state index is 12.6. The molecule has 0 bridgehead atoms. The quantitative estimate of drug-likeness (QED) is 0.879. The van der Waals surface area contributed by atoms with E-state index in [1.165, 1.54) is 30.5 Å². The molecule has 1 aromatic heterocycles. The minimum Gasteiger partial charge on any atom is -0.397 e. The van der Waals surface area contributed by atoms with Crippen LogP contribution in [0.2, 0.25) is 0 Å². The molecule has 0 spiro atoms. The number of alkyl halides is 3. The van der Waals surface area contributed by atoms with Crippen LogP contribution in [0, 0.1) is 0 Å². The summed E-state index contributed by atoms with van der Waals surface area (Å²) in [6.45, 7) is 0. The van der Waals surface area contributed by atoms with Gasteiger partial charge in [-0.3, -0.25) is 9.78 Å². The van der Waals surface area contributed by atoms with Gasteiger partial charge in [0.25, 0.3) is 0 Å². The number of carbonyl (C=O) groups is 1. The Balaban J connectivity index is 2.18. The van der Waals surface area contributed by atoms with E-state index in [-0.39, 0.29) is 17.9 Å². The van der Waals surface area contributed by atoms with E-state index in [2.05, 4.69) is 4.98 Å². The summed E-state index contributed by atoms with van der Waals surface area (Å²) < 4.78 is 37.7. The van der Waals surface area contributed by atoms with Crippen molar-refractivity contribution in [3.63, 3.8) is 0 Å². The third-order valence-corrected chi connectivity index (χ3v) is 2.69. The van der Waals surface area contributed by atoms with E-state index in [1.54, 1.807) is 0 Å². The molecule has 0 atom stereocenters. The number of rotatable bonds is 3. The maximum Gasteiger partial charge on any atom is 0.416 e. The van der Waals surface area contributed by atoms with Crippen LogP contribution >= 0.6 is 0 Å². The minimum atomic E-state index is -4.42. The SMILES string of the molecule is Nc1ccc(C(=O)Cc2cccc(C(F)(F)F)c2)nc1. The van der Waals surface area contributed by atoms with E-state index < -0.39 is 11.7 Å². The number of benzene rings is 1. The van der Waals surface area contributed by atoms with Crippen molar-refractivity contribution in [2.24, 2.45) is 0 Å². The number of Topliss-reactive ketones (excluding diaryl/α,β-unsaturated/α-hetero) is 1. The van der Waals surface area contributed by atoms with Gasteiger partial charge < -0.3 is 5.73 Å². The number of nitrogens with zero attached hydrogens (tertiary/aromatic N) is 1. The summed E-state index contributed by atoms with van der Waals surface area (Å²) in [5.41, 5.74) is 5.57. The zero-order valence-electron chi connectivity index (χ0n) is 10.3. The molecule has 1 aromatic carbocycles. The number of nitrogens with two attached hydrogens (primary N) is 1. The smallest absolute Gasteiger partial charge is 0.397 e. The van der Waals surface area contributed by atoms with Crippen molar-refractivity contribution in [2.75, 3.05) is 5.73 Å². The first-order chi connectivity index (χ1) is 9.36. The zero-order chi connectivity index (χ0) is 14.8. The number of aromatic nitrogens is 1. The molecule has 20 heavy (non-hydrogen) atoms. The molecule has 2 N–H and O–H groups in total. The minimum absolute atomic E-state index is 0.138. The fraction of sp³-hybridized carbons (Fsp3) is 0.143. The first-order valence-corrected chi connectivity index (χ1v) is 5.77. The molecule has 0 fully saturated rings. The van der Waals surface area contributed by atoms with Crippen LogP contribution in [-0.2, 0) is 12.6 Å². The normalized spacial score (nSPS) is 11.3. The molecular formula is C14H11F3N2O. The lowest BCUT2D eigenvalue weighted by Crippen LogP contribution is -2.09. The second-order valence-electron chi connectivity index (χ2n) is 4.27. The van der Waals surface area contributed by atoms with Gasteiger partial charge in [-0.2, -0.15) is 13.2 Å². The molecule has 0 saturated heterocycles. The van der Waals surface area contributed by atoms with Crippen molar-refractivity contribution in [1.29, 1.82) is 0 Å².